The lowest BCUT2D eigenvalue weighted by molar-refractivity contribution is 0.0509. The van der Waals surface area contributed by atoms with Gasteiger partial charge in [0.25, 0.3) is 0 Å². The summed E-state index contributed by atoms with van der Waals surface area (Å²) in [5, 5.41) is 22.7. The Bertz CT molecular complexity index is 677. The minimum absolute atomic E-state index is 0.183. The standard InChI is InChI=1S/C17H25N3O3/c1-4-20-8-7-13-5-6-14(9-15(13)20)18-16(23)19(3)10-17(2,11-21)12-22/h5-9,21-22H,4,10-12H2,1-3H3,(H,18,23). The van der Waals surface area contributed by atoms with E-state index in [-0.39, 0.29) is 25.8 Å². The van der Waals surface area contributed by atoms with Gasteiger partial charge in [0.1, 0.15) is 0 Å². The number of carbonyl (C=O) groups is 1. The van der Waals surface area contributed by atoms with E-state index in [4.69, 9.17) is 0 Å². The third-order valence-electron chi connectivity index (χ3n) is 4.09. The molecule has 23 heavy (non-hydrogen) atoms. The van der Waals surface area contributed by atoms with Gasteiger partial charge in [-0.3, -0.25) is 0 Å². The summed E-state index contributed by atoms with van der Waals surface area (Å²) in [5.41, 5.74) is 1.08. The highest BCUT2D eigenvalue weighted by Gasteiger charge is 2.26. The number of aliphatic hydroxyl groups is 2. The van der Waals surface area contributed by atoms with E-state index in [0.29, 0.717) is 0 Å². The molecule has 2 amide bonds. The highest BCUT2D eigenvalue weighted by molar-refractivity contribution is 5.92. The predicted molar refractivity (Wildman–Crippen MR) is 91.5 cm³/mol. The number of fused-ring (bicyclic) bond motifs is 1. The molecule has 1 heterocycles. The number of amides is 2. The number of aliphatic hydroxyl groups excluding tert-OH is 2. The zero-order valence-electron chi connectivity index (χ0n) is 13.9. The van der Waals surface area contributed by atoms with Crippen molar-refractivity contribution in [1.82, 2.24) is 9.47 Å². The van der Waals surface area contributed by atoms with E-state index in [9.17, 15) is 15.0 Å². The molecule has 126 valence electrons. The van der Waals surface area contributed by atoms with Gasteiger partial charge >= 0.3 is 6.03 Å². The van der Waals surface area contributed by atoms with Crippen LogP contribution in [0.2, 0.25) is 0 Å². The van der Waals surface area contributed by atoms with Gasteiger partial charge in [-0.1, -0.05) is 13.0 Å². The van der Waals surface area contributed by atoms with Crippen LogP contribution < -0.4 is 5.32 Å². The number of carbonyl (C=O) groups excluding carboxylic acids is 1. The molecule has 0 saturated carbocycles. The monoisotopic (exact) mass is 319 g/mol. The molecule has 0 aliphatic rings. The molecular weight excluding hydrogens is 294 g/mol. The van der Waals surface area contributed by atoms with Crippen LogP contribution >= 0.6 is 0 Å². The number of aryl methyl sites for hydroxylation is 1. The molecule has 0 saturated heterocycles. The molecular formula is C17H25N3O3. The number of nitrogens with one attached hydrogen (secondary N) is 1. The minimum atomic E-state index is -0.715. The van der Waals surface area contributed by atoms with E-state index < -0.39 is 5.41 Å². The lowest BCUT2D eigenvalue weighted by Gasteiger charge is -2.30. The van der Waals surface area contributed by atoms with E-state index in [0.717, 1.165) is 23.1 Å². The number of nitrogens with zero attached hydrogens (tertiary/aromatic N) is 2. The topological polar surface area (TPSA) is 77.7 Å². The fourth-order valence-electron chi connectivity index (χ4n) is 2.55. The third kappa shape index (κ3) is 3.83. The van der Waals surface area contributed by atoms with Gasteiger partial charge in [0.15, 0.2) is 0 Å². The molecule has 1 aromatic carbocycles. The first-order valence-electron chi connectivity index (χ1n) is 7.75. The van der Waals surface area contributed by atoms with Crippen molar-refractivity contribution in [2.24, 2.45) is 5.41 Å². The average molecular weight is 319 g/mol. The normalized spacial score (nSPS) is 11.7. The zero-order chi connectivity index (χ0) is 17.0. The number of hydrogen-bond donors (Lipinski definition) is 3. The van der Waals surface area contributed by atoms with Crippen molar-refractivity contribution in [3.05, 3.63) is 30.5 Å². The second kappa shape index (κ2) is 7.02. The van der Waals surface area contributed by atoms with Crippen LogP contribution in [0.4, 0.5) is 10.5 Å². The molecule has 0 spiro atoms. The SMILES string of the molecule is CCn1ccc2ccc(NC(=O)N(C)CC(C)(CO)CO)cc21. The second-order valence-corrected chi connectivity index (χ2v) is 6.29. The third-order valence-corrected chi connectivity index (χ3v) is 4.09. The molecule has 1 aromatic heterocycles. The second-order valence-electron chi connectivity index (χ2n) is 6.29. The van der Waals surface area contributed by atoms with Gasteiger partial charge in [0.05, 0.1) is 18.7 Å². The van der Waals surface area contributed by atoms with Crippen molar-refractivity contribution in [1.29, 1.82) is 0 Å². The number of hydrogen-bond acceptors (Lipinski definition) is 3. The van der Waals surface area contributed by atoms with Crippen molar-refractivity contribution in [3.8, 4) is 0 Å². The maximum Gasteiger partial charge on any atom is 0.321 e. The van der Waals surface area contributed by atoms with Gasteiger partial charge in [-0.05, 0) is 30.5 Å². The Morgan fingerprint density at radius 3 is 2.61 bits per heavy atom. The van der Waals surface area contributed by atoms with E-state index in [1.807, 2.05) is 30.5 Å². The number of anilines is 1. The maximum absolute atomic E-state index is 12.3. The highest BCUT2D eigenvalue weighted by Crippen LogP contribution is 2.21. The molecule has 6 heteroatoms. The molecule has 6 nitrogen and oxygen atoms in total. The van der Waals surface area contributed by atoms with Crippen molar-refractivity contribution < 1.29 is 15.0 Å². The summed E-state index contributed by atoms with van der Waals surface area (Å²) in [6.45, 7) is 4.57. The lowest BCUT2D eigenvalue weighted by atomic mass is 9.92. The van der Waals surface area contributed by atoms with Gasteiger partial charge < -0.3 is 25.0 Å². The Hall–Kier alpha value is -2.05. The molecule has 0 radical (unpaired) electrons. The van der Waals surface area contributed by atoms with Gasteiger partial charge in [0.2, 0.25) is 0 Å². The van der Waals surface area contributed by atoms with Crippen molar-refractivity contribution in [2.75, 3.05) is 32.1 Å². The van der Waals surface area contributed by atoms with E-state index in [1.165, 1.54) is 4.90 Å². The molecule has 0 aliphatic heterocycles. The van der Waals surface area contributed by atoms with E-state index in [1.54, 1.807) is 14.0 Å². The van der Waals surface area contributed by atoms with Crippen molar-refractivity contribution in [2.45, 2.75) is 20.4 Å². The summed E-state index contributed by atoms with van der Waals surface area (Å²) >= 11 is 0. The van der Waals surface area contributed by atoms with Gasteiger partial charge in [-0.2, -0.15) is 0 Å². The Labute approximate surface area is 136 Å². The predicted octanol–water partition coefficient (Wildman–Crippen LogP) is 2.12. The average Bonchev–Trinajstić information content (AvgIpc) is 2.96. The number of urea groups is 1. The lowest BCUT2D eigenvalue weighted by Crippen LogP contribution is -2.43. The fourth-order valence-corrected chi connectivity index (χ4v) is 2.55. The zero-order valence-corrected chi connectivity index (χ0v) is 13.9. The largest absolute Gasteiger partial charge is 0.396 e. The van der Waals surface area contributed by atoms with Crippen LogP contribution in [-0.4, -0.2) is 52.5 Å². The summed E-state index contributed by atoms with van der Waals surface area (Å²) in [4.78, 5) is 13.8. The van der Waals surface area contributed by atoms with Crippen LogP contribution in [0.25, 0.3) is 10.9 Å². The maximum atomic E-state index is 12.3. The molecule has 0 fully saturated rings. The first-order valence-corrected chi connectivity index (χ1v) is 7.75. The molecule has 0 unspecified atom stereocenters. The molecule has 0 bridgehead atoms. The molecule has 3 N–H and O–H groups in total. The van der Waals surface area contributed by atoms with Crippen LogP contribution in [-0.2, 0) is 6.54 Å². The summed E-state index contributed by atoms with van der Waals surface area (Å²) < 4.78 is 2.11. The van der Waals surface area contributed by atoms with Gasteiger partial charge in [0, 0.05) is 37.4 Å². The number of aromatic nitrogens is 1. The summed E-state index contributed by atoms with van der Waals surface area (Å²) in [6.07, 6.45) is 2.02. The Morgan fingerprint density at radius 1 is 1.30 bits per heavy atom. The van der Waals surface area contributed by atoms with Crippen LogP contribution in [0, 0.1) is 5.41 Å². The molecule has 2 aromatic rings. The van der Waals surface area contributed by atoms with Gasteiger partial charge in [-0.25, -0.2) is 4.79 Å². The van der Waals surface area contributed by atoms with Crippen LogP contribution in [0.3, 0.4) is 0 Å². The minimum Gasteiger partial charge on any atom is -0.396 e. The summed E-state index contributed by atoms with van der Waals surface area (Å²) in [6, 6.07) is 7.56. The molecule has 0 atom stereocenters. The molecule has 2 rings (SSSR count). The quantitative estimate of drug-likeness (QED) is 0.763. The highest BCUT2D eigenvalue weighted by atomic mass is 16.3. The van der Waals surface area contributed by atoms with Crippen LogP contribution in [0.1, 0.15) is 13.8 Å². The smallest absolute Gasteiger partial charge is 0.321 e. The van der Waals surface area contributed by atoms with Crippen molar-refractivity contribution in [3.63, 3.8) is 0 Å². The number of benzene rings is 1. The van der Waals surface area contributed by atoms with E-state index in [2.05, 4.69) is 16.8 Å². The first-order chi connectivity index (χ1) is 10.9. The molecule has 0 aliphatic carbocycles. The fraction of sp³-hybridized carbons (Fsp3) is 0.471. The van der Waals surface area contributed by atoms with Gasteiger partial charge in [-0.15, -0.1) is 0 Å². The van der Waals surface area contributed by atoms with Crippen molar-refractivity contribution >= 4 is 22.6 Å². The van der Waals surface area contributed by atoms with Crippen LogP contribution in [0.5, 0.6) is 0 Å². The van der Waals surface area contributed by atoms with E-state index >= 15 is 0 Å². The Balaban J connectivity index is 2.10. The first kappa shape index (κ1) is 17.3. The van der Waals surface area contributed by atoms with Crippen LogP contribution in [0.15, 0.2) is 30.5 Å². The Kier molecular flexibility index (Phi) is 5.28. The Morgan fingerprint density at radius 2 is 2.00 bits per heavy atom. The number of rotatable bonds is 6. The summed E-state index contributed by atoms with van der Waals surface area (Å²) in [5.74, 6) is 0. The summed E-state index contributed by atoms with van der Waals surface area (Å²) in [7, 11) is 1.65.